The summed E-state index contributed by atoms with van der Waals surface area (Å²) in [5.74, 6) is -7.72. The van der Waals surface area contributed by atoms with Crippen LogP contribution in [0.15, 0.2) is 47.7 Å². The second-order valence-corrected chi connectivity index (χ2v) is 19.0. The number of aromatic nitrogens is 1. The Labute approximate surface area is 374 Å². The maximum absolute atomic E-state index is 14.5. The van der Waals surface area contributed by atoms with Gasteiger partial charge in [0.15, 0.2) is 0 Å². The summed E-state index contributed by atoms with van der Waals surface area (Å²) >= 11 is 0. The van der Waals surface area contributed by atoms with E-state index in [9.17, 15) is 34.5 Å². The van der Waals surface area contributed by atoms with Crippen LogP contribution in [0.25, 0.3) is 0 Å². The van der Waals surface area contributed by atoms with Crippen LogP contribution >= 0.6 is 0 Å². The average molecular weight is 883 g/mol. The molecule has 4 aliphatic rings. The van der Waals surface area contributed by atoms with Gasteiger partial charge in [0.05, 0.1) is 30.5 Å². The smallest absolute Gasteiger partial charge is 0.329 e. The van der Waals surface area contributed by atoms with Crippen molar-refractivity contribution in [3.63, 3.8) is 0 Å². The number of aliphatic hydroxyl groups is 3. The van der Waals surface area contributed by atoms with Crippen molar-refractivity contribution in [2.24, 2.45) is 29.6 Å². The van der Waals surface area contributed by atoms with Crippen LogP contribution in [0.2, 0.25) is 0 Å². The predicted octanol–water partition coefficient (Wildman–Crippen LogP) is 5.48. The molecule has 14 nitrogen and oxygen atoms in total. The van der Waals surface area contributed by atoms with E-state index in [4.69, 9.17) is 23.7 Å². The molecule has 1 aromatic heterocycles. The molecular weight excluding hydrogens is 809 g/mol. The Kier molecular flexibility index (Phi) is 18.6. The SMILES string of the molecule is CO[C@H]1C[C@@H](C)C/C(C)=C/[C@@H](CCCc2ccccn2)C(=O)C[C@H](O)[C@@H](C)[C@@H](/C(C)=C/[C@@H]2CC[C@@H](O)[C@H](OC)C2)OC(=O)[C@@H]2CCCCN2C(=O)C(=O)[C@]2(O)O[C@H]1[C@@H](OC)C[C@H]2C. The number of aliphatic hydroxyl groups excluding tert-OH is 2. The van der Waals surface area contributed by atoms with E-state index in [2.05, 4.69) is 11.9 Å². The van der Waals surface area contributed by atoms with E-state index in [1.165, 1.54) is 19.1 Å². The Morgan fingerprint density at radius 1 is 0.921 bits per heavy atom. The first-order chi connectivity index (χ1) is 30.0. The summed E-state index contributed by atoms with van der Waals surface area (Å²) in [7, 11) is 4.64. The van der Waals surface area contributed by atoms with Crippen LogP contribution in [0.5, 0.6) is 0 Å². The molecular formula is C49H74N2O12. The van der Waals surface area contributed by atoms with Gasteiger partial charge in [0, 0.05) is 63.9 Å². The molecule has 2 saturated heterocycles. The fraction of sp³-hybridized carbons (Fsp3) is 0.735. The standard InChI is InChI=1S/C49H74N2O12/c1-29-22-30(2)24-42(60-7)45-43(61-8)26-32(4)49(58,63-45)46(55)47(56)51-21-12-10-17-37(51)48(57)62-44(31(3)25-34-18-19-38(52)41(27-34)59-6)33(5)39(53)28-40(54)35(23-29)14-13-16-36-15-9-11-20-50-36/h9,11,15,20,23,25,30,32-35,37-39,41-45,52-53,58H,10,12-14,16-19,21-22,24,26-28H2,1-8H3/b29-23+,31-25+/t30-,32+,33+,34-,35+,37-,38+,39-,41+,42-,43-,44+,45+,49+/m0/s1. The molecule has 0 radical (unpaired) electrons. The van der Waals surface area contributed by atoms with Gasteiger partial charge in [-0.15, -0.1) is 0 Å². The number of aryl methyl sites for hydroxylation is 1. The first kappa shape index (κ1) is 50.6. The number of cyclic esters (lactones) is 1. The fourth-order valence-corrected chi connectivity index (χ4v) is 10.3. The highest BCUT2D eigenvalue weighted by atomic mass is 16.7. The zero-order chi connectivity index (χ0) is 46.0. The quantitative estimate of drug-likeness (QED) is 0.161. The molecule has 0 spiro atoms. The van der Waals surface area contributed by atoms with Gasteiger partial charge in [0.25, 0.3) is 11.7 Å². The number of fused-ring (bicyclic) bond motifs is 3. The average Bonchev–Trinajstić information content (AvgIpc) is 3.27. The second kappa shape index (κ2) is 23.2. The lowest BCUT2D eigenvalue weighted by Gasteiger charge is -2.47. The molecule has 0 unspecified atom stereocenters. The van der Waals surface area contributed by atoms with Crippen LogP contribution in [0.1, 0.15) is 117 Å². The van der Waals surface area contributed by atoms with E-state index in [0.717, 1.165) is 11.3 Å². The van der Waals surface area contributed by atoms with Gasteiger partial charge in [-0.1, -0.05) is 44.6 Å². The van der Waals surface area contributed by atoms with Crippen molar-refractivity contribution in [2.45, 2.75) is 173 Å². The largest absolute Gasteiger partial charge is 0.456 e. The normalized spacial score (nSPS) is 38.2. The second-order valence-electron chi connectivity index (χ2n) is 19.0. The Morgan fingerprint density at radius 3 is 2.32 bits per heavy atom. The summed E-state index contributed by atoms with van der Waals surface area (Å²) in [4.78, 5) is 63.1. The number of hydrogen-bond donors (Lipinski definition) is 3. The van der Waals surface area contributed by atoms with Crippen molar-refractivity contribution in [2.75, 3.05) is 27.9 Å². The van der Waals surface area contributed by atoms with E-state index in [1.54, 1.807) is 27.2 Å². The molecule has 1 aliphatic carbocycles. The minimum absolute atomic E-state index is 0.000426. The number of ether oxygens (including phenoxy) is 5. The maximum Gasteiger partial charge on any atom is 0.329 e. The zero-order valence-electron chi connectivity index (χ0n) is 38.8. The number of allylic oxidation sites excluding steroid dienone is 3. The van der Waals surface area contributed by atoms with E-state index in [0.29, 0.717) is 69.8 Å². The molecule has 4 heterocycles. The number of pyridine rings is 1. The molecule has 3 aliphatic heterocycles. The highest BCUT2D eigenvalue weighted by Crippen LogP contribution is 2.39. The van der Waals surface area contributed by atoms with Crippen LogP contribution in [0, 0.1) is 29.6 Å². The third-order valence-corrected chi connectivity index (χ3v) is 14.1. The van der Waals surface area contributed by atoms with Crippen LogP contribution in [-0.2, 0) is 49.3 Å². The molecule has 14 atom stereocenters. The van der Waals surface area contributed by atoms with Crippen molar-refractivity contribution < 1.29 is 58.2 Å². The first-order valence-electron chi connectivity index (χ1n) is 23.2. The summed E-state index contributed by atoms with van der Waals surface area (Å²) in [5, 5.41) is 34.6. The van der Waals surface area contributed by atoms with Crippen LogP contribution in [-0.4, -0.2) is 131 Å². The van der Waals surface area contributed by atoms with Gasteiger partial charge in [0.2, 0.25) is 5.79 Å². The summed E-state index contributed by atoms with van der Waals surface area (Å²) in [6.45, 7) is 9.35. The molecule has 1 aromatic rings. The number of carbonyl (C=O) groups excluding carboxylic acids is 4. The van der Waals surface area contributed by atoms with Crippen molar-refractivity contribution >= 4 is 23.4 Å². The van der Waals surface area contributed by atoms with Gasteiger partial charge in [-0.2, -0.15) is 0 Å². The number of piperidine rings is 1. The third-order valence-electron chi connectivity index (χ3n) is 14.1. The number of nitrogens with zero attached hydrogens (tertiary/aromatic N) is 2. The molecule has 352 valence electrons. The number of hydrogen-bond acceptors (Lipinski definition) is 13. The monoisotopic (exact) mass is 883 g/mol. The fourth-order valence-electron chi connectivity index (χ4n) is 10.3. The van der Waals surface area contributed by atoms with Crippen molar-refractivity contribution in [3.05, 3.63) is 53.4 Å². The molecule has 3 N–H and O–H groups in total. The van der Waals surface area contributed by atoms with E-state index in [-0.39, 0.29) is 49.5 Å². The number of ketones is 2. The molecule has 1 saturated carbocycles. The Bertz CT molecular complexity index is 1750. The molecule has 14 heteroatoms. The van der Waals surface area contributed by atoms with Crippen molar-refractivity contribution in [3.8, 4) is 0 Å². The van der Waals surface area contributed by atoms with Crippen LogP contribution in [0.3, 0.4) is 0 Å². The highest BCUT2D eigenvalue weighted by Gasteiger charge is 2.56. The number of carbonyl (C=O) groups is 4. The first-order valence-corrected chi connectivity index (χ1v) is 23.2. The van der Waals surface area contributed by atoms with Crippen LogP contribution < -0.4 is 0 Å². The van der Waals surface area contributed by atoms with Gasteiger partial charge in [0.1, 0.15) is 24.0 Å². The van der Waals surface area contributed by atoms with Crippen LogP contribution in [0.4, 0.5) is 0 Å². The Hall–Kier alpha value is -3.37. The number of esters is 1. The van der Waals surface area contributed by atoms with Gasteiger partial charge in [-0.05, 0) is 120 Å². The minimum Gasteiger partial charge on any atom is -0.456 e. The van der Waals surface area contributed by atoms with Gasteiger partial charge >= 0.3 is 5.97 Å². The predicted molar refractivity (Wildman–Crippen MR) is 235 cm³/mol. The summed E-state index contributed by atoms with van der Waals surface area (Å²) < 4.78 is 30.0. The van der Waals surface area contributed by atoms with E-state index >= 15 is 0 Å². The number of methoxy groups -OCH3 is 3. The number of amides is 1. The van der Waals surface area contributed by atoms with E-state index in [1.807, 2.05) is 44.2 Å². The summed E-state index contributed by atoms with van der Waals surface area (Å²) in [6, 6.07) is 4.62. The lowest BCUT2D eigenvalue weighted by atomic mass is 9.81. The molecule has 3 fully saturated rings. The lowest BCUT2D eigenvalue weighted by molar-refractivity contribution is -0.302. The maximum atomic E-state index is 14.5. The topological polar surface area (TPSA) is 191 Å². The Morgan fingerprint density at radius 2 is 1.63 bits per heavy atom. The molecule has 63 heavy (non-hydrogen) atoms. The van der Waals surface area contributed by atoms with Gasteiger partial charge in [-0.25, -0.2) is 4.79 Å². The molecule has 0 aromatic carbocycles. The third kappa shape index (κ3) is 12.7. The minimum atomic E-state index is -2.52. The lowest BCUT2D eigenvalue weighted by Crippen LogP contribution is -2.64. The molecule has 2 bridgehead atoms. The highest BCUT2D eigenvalue weighted by molar-refractivity contribution is 6.39. The van der Waals surface area contributed by atoms with Crippen molar-refractivity contribution in [1.29, 1.82) is 0 Å². The zero-order valence-corrected chi connectivity index (χ0v) is 38.8. The molecule has 1 amide bonds. The summed E-state index contributed by atoms with van der Waals surface area (Å²) in [6.07, 6.45) is 6.56. The summed E-state index contributed by atoms with van der Waals surface area (Å²) in [5.41, 5.74) is 2.57. The Balaban J connectivity index is 1.54. The van der Waals surface area contributed by atoms with Crippen molar-refractivity contribution in [1.82, 2.24) is 9.88 Å². The van der Waals surface area contributed by atoms with Gasteiger partial charge in [-0.3, -0.25) is 19.4 Å². The number of Topliss-reactive ketones (excluding diaryl/α,β-unsaturated/α-hetero) is 2. The van der Waals surface area contributed by atoms with E-state index < -0.39 is 83.9 Å². The number of rotatable bonds is 9. The molecule has 5 rings (SSSR count). The van der Waals surface area contributed by atoms with Gasteiger partial charge < -0.3 is 43.9 Å².